The molecule has 0 radical (unpaired) electrons. The third-order valence-electron chi connectivity index (χ3n) is 6.39. The van der Waals surface area contributed by atoms with Crippen LogP contribution in [0.3, 0.4) is 0 Å². The average molecular weight is 474 g/mol. The van der Waals surface area contributed by atoms with Crippen molar-refractivity contribution in [1.29, 1.82) is 0 Å². The number of para-hydroxylation sites is 1. The maximum atomic E-state index is 13.7. The Balaban J connectivity index is 1.69. The Hall–Kier alpha value is -3.87. The quantitative estimate of drug-likeness (QED) is 0.505. The highest BCUT2D eigenvalue weighted by Crippen LogP contribution is 2.31. The summed E-state index contributed by atoms with van der Waals surface area (Å²) in [6.07, 6.45) is 5.43. The molecule has 1 aromatic heterocycles. The van der Waals surface area contributed by atoms with Gasteiger partial charge in [-0.1, -0.05) is 60.9 Å². The van der Waals surface area contributed by atoms with E-state index in [0.717, 1.165) is 36.8 Å². The number of anilines is 1. The zero-order chi connectivity index (χ0) is 24.8. The highest BCUT2D eigenvalue weighted by Gasteiger charge is 2.35. The van der Waals surface area contributed by atoms with Crippen molar-refractivity contribution >= 4 is 23.4 Å². The molecule has 3 aromatic rings. The van der Waals surface area contributed by atoms with Gasteiger partial charge in [0.25, 0.3) is 5.91 Å². The molecule has 1 fully saturated rings. The molecule has 7 heteroatoms. The number of nitrogens with one attached hydrogen (secondary N) is 2. The van der Waals surface area contributed by atoms with Crippen LogP contribution in [0.15, 0.2) is 71.3 Å². The first kappa shape index (κ1) is 24.3. The van der Waals surface area contributed by atoms with Crippen molar-refractivity contribution in [2.45, 2.75) is 51.6 Å². The number of carbonyl (C=O) groups is 3. The van der Waals surface area contributed by atoms with Crippen LogP contribution >= 0.6 is 0 Å². The molecule has 2 aromatic carbocycles. The molecule has 4 rings (SSSR count). The number of carbonyl (C=O) groups excluding carboxylic acids is 3. The standard InChI is InChI=1S/C28H31N3O4/c1-19-13-15-21(16-14-19)26(28(34)30-22-9-4-5-10-22)31(23-11-6-3-8-20(23)2)25(32)18-29-27(33)24-12-7-17-35-24/h3,6-8,11-17,22,26H,4-5,9-10,18H2,1-2H3,(H,29,33)(H,30,34)/t26-/m1/s1. The molecule has 2 N–H and O–H groups in total. The van der Waals surface area contributed by atoms with Crippen LogP contribution in [0, 0.1) is 13.8 Å². The van der Waals surface area contributed by atoms with Crippen molar-refractivity contribution in [3.05, 3.63) is 89.4 Å². The lowest BCUT2D eigenvalue weighted by Gasteiger charge is -2.33. The van der Waals surface area contributed by atoms with Gasteiger partial charge >= 0.3 is 0 Å². The third-order valence-corrected chi connectivity index (χ3v) is 6.39. The van der Waals surface area contributed by atoms with Crippen LogP contribution in [0.25, 0.3) is 0 Å². The minimum absolute atomic E-state index is 0.0999. The first-order valence-electron chi connectivity index (χ1n) is 12.0. The number of nitrogens with zero attached hydrogens (tertiary/aromatic N) is 1. The van der Waals surface area contributed by atoms with Gasteiger partial charge < -0.3 is 15.1 Å². The van der Waals surface area contributed by atoms with Crippen LogP contribution in [0.4, 0.5) is 5.69 Å². The van der Waals surface area contributed by atoms with Gasteiger partial charge in [-0.05, 0) is 56.0 Å². The Kier molecular flexibility index (Phi) is 7.65. The first-order chi connectivity index (χ1) is 16.9. The van der Waals surface area contributed by atoms with E-state index in [0.29, 0.717) is 11.3 Å². The Morgan fingerprint density at radius 2 is 1.69 bits per heavy atom. The molecule has 182 valence electrons. The molecule has 0 saturated heterocycles. The predicted octanol–water partition coefficient (Wildman–Crippen LogP) is 4.46. The van der Waals surface area contributed by atoms with E-state index in [4.69, 9.17) is 4.42 Å². The van der Waals surface area contributed by atoms with Crippen molar-refractivity contribution in [1.82, 2.24) is 10.6 Å². The summed E-state index contributed by atoms with van der Waals surface area (Å²) in [5.41, 5.74) is 3.24. The van der Waals surface area contributed by atoms with Crippen LogP contribution in [-0.2, 0) is 9.59 Å². The zero-order valence-electron chi connectivity index (χ0n) is 20.1. The van der Waals surface area contributed by atoms with Gasteiger partial charge in [-0.15, -0.1) is 0 Å². The van der Waals surface area contributed by atoms with E-state index in [-0.39, 0.29) is 24.3 Å². The Morgan fingerprint density at radius 3 is 2.34 bits per heavy atom. The summed E-state index contributed by atoms with van der Waals surface area (Å²) in [5, 5.41) is 5.80. The van der Waals surface area contributed by atoms with E-state index in [2.05, 4.69) is 10.6 Å². The molecule has 1 heterocycles. The SMILES string of the molecule is Cc1ccc([C@H](C(=O)NC2CCCC2)N(C(=O)CNC(=O)c2ccco2)c2ccccc2C)cc1. The Bertz CT molecular complexity index is 1170. The molecular weight excluding hydrogens is 442 g/mol. The van der Waals surface area contributed by atoms with Gasteiger partial charge in [0.15, 0.2) is 5.76 Å². The number of rotatable bonds is 8. The lowest BCUT2D eigenvalue weighted by molar-refractivity contribution is -0.126. The maximum absolute atomic E-state index is 13.7. The van der Waals surface area contributed by atoms with Crippen molar-refractivity contribution in [2.24, 2.45) is 0 Å². The molecule has 1 atom stereocenters. The highest BCUT2D eigenvalue weighted by atomic mass is 16.3. The van der Waals surface area contributed by atoms with Crippen molar-refractivity contribution in [2.75, 3.05) is 11.4 Å². The van der Waals surface area contributed by atoms with Crippen LogP contribution in [0.5, 0.6) is 0 Å². The average Bonchev–Trinajstić information content (AvgIpc) is 3.57. The topological polar surface area (TPSA) is 91.7 Å². The first-order valence-corrected chi connectivity index (χ1v) is 12.0. The summed E-state index contributed by atoms with van der Waals surface area (Å²) in [6, 6.07) is 17.4. The molecular formula is C28H31N3O4. The molecule has 35 heavy (non-hydrogen) atoms. The molecule has 1 aliphatic rings. The van der Waals surface area contributed by atoms with Gasteiger partial charge in [-0.3, -0.25) is 19.3 Å². The van der Waals surface area contributed by atoms with Crippen LogP contribution in [0.2, 0.25) is 0 Å². The Morgan fingerprint density at radius 1 is 0.971 bits per heavy atom. The lowest BCUT2D eigenvalue weighted by Crippen LogP contribution is -2.49. The fraction of sp³-hybridized carbons (Fsp3) is 0.321. The molecule has 7 nitrogen and oxygen atoms in total. The van der Waals surface area contributed by atoms with E-state index >= 15 is 0 Å². The van der Waals surface area contributed by atoms with Gasteiger partial charge in [-0.2, -0.15) is 0 Å². The van der Waals surface area contributed by atoms with Gasteiger partial charge in [0, 0.05) is 11.7 Å². The Labute approximate surface area is 205 Å². The van der Waals surface area contributed by atoms with Crippen molar-refractivity contribution < 1.29 is 18.8 Å². The zero-order valence-corrected chi connectivity index (χ0v) is 20.1. The summed E-state index contributed by atoms with van der Waals surface area (Å²) in [6.45, 7) is 3.59. The molecule has 1 aliphatic carbocycles. The predicted molar refractivity (Wildman–Crippen MR) is 134 cm³/mol. The second-order valence-electron chi connectivity index (χ2n) is 9.01. The fourth-order valence-electron chi connectivity index (χ4n) is 4.50. The minimum atomic E-state index is -0.884. The molecule has 1 saturated carbocycles. The second-order valence-corrected chi connectivity index (χ2v) is 9.01. The van der Waals surface area contributed by atoms with Crippen LogP contribution < -0.4 is 15.5 Å². The second kappa shape index (κ2) is 11.0. The van der Waals surface area contributed by atoms with E-state index < -0.39 is 17.9 Å². The highest BCUT2D eigenvalue weighted by molar-refractivity contribution is 6.04. The van der Waals surface area contributed by atoms with E-state index in [1.54, 1.807) is 6.07 Å². The summed E-state index contributed by atoms with van der Waals surface area (Å²) in [4.78, 5) is 41.4. The number of hydrogen-bond donors (Lipinski definition) is 2. The summed E-state index contributed by atoms with van der Waals surface area (Å²) in [7, 11) is 0. The lowest BCUT2D eigenvalue weighted by atomic mass is 10.00. The van der Waals surface area contributed by atoms with Crippen molar-refractivity contribution in [3.63, 3.8) is 0 Å². The molecule has 3 amide bonds. The minimum Gasteiger partial charge on any atom is -0.459 e. The number of amides is 3. The van der Waals surface area contributed by atoms with Gasteiger partial charge in [-0.25, -0.2) is 0 Å². The maximum Gasteiger partial charge on any atom is 0.287 e. The van der Waals surface area contributed by atoms with Gasteiger partial charge in [0.05, 0.1) is 12.8 Å². The van der Waals surface area contributed by atoms with Crippen LogP contribution in [-0.4, -0.2) is 30.3 Å². The molecule has 0 aliphatic heterocycles. The van der Waals surface area contributed by atoms with E-state index in [1.807, 2.05) is 62.4 Å². The largest absolute Gasteiger partial charge is 0.459 e. The summed E-state index contributed by atoms with van der Waals surface area (Å²) < 4.78 is 5.13. The monoisotopic (exact) mass is 473 g/mol. The molecule has 0 spiro atoms. The smallest absolute Gasteiger partial charge is 0.287 e. The summed E-state index contributed by atoms with van der Waals surface area (Å²) in [5.74, 6) is -0.995. The molecule has 0 bridgehead atoms. The number of hydrogen-bond acceptors (Lipinski definition) is 4. The number of furan rings is 1. The van der Waals surface area contributed by atoms with Crippen molar-refractivity contribution in [3.8, 4) is 0 Å². The van der Waals surface area contributed by atoms with E-state index in [1.165, 1.54) is 17.2 Å². The fourth-order valence-corrected chi connectivity index (χ4v) is 4.50. The third kappa shape index (κ3) is 5.80. The number of benzene rings is 2. The van der Waals surface area contributed by atoms with Crippen LogP contribution in [0.1, 0.15) is 59.0 Å². The summed E-state index contributed by atoms with van der Waals surface area (Å²) >= 11 is 0. The number of aryl methyl sites for hydroxylation is 2. The van der Waals surface area contributed by atoms with Gasteiger partial charge in [0.2, 0.25) is 11.8 Å². The van der Waals surface area contributed by atoms with E-state index in [9.17, 15) is 14.4 Å². The normalized spacial score (nSPS) is 14.3. The molecule has 0 unspecified atom stereocenters. The van der Waals surface area contributed by atoms with Gasteiger partial charge in [0.1, 0.15) is 6.04 Å².